The molecule has 0 N–H and O–H groups in total. The molecule has 6 heteroatoms. The maximum atomic E-state index is 12.6. The standard InChI is InChI=1S/C14H20ClN3O2/c1-13(2,3)11(19)18(12(20)14(4,5)6)10-7-9(15)16-8-17-10/h7-8H,1-6H3. The minimum Gasteiger partial charge on any atom is -0.273 e. The maximum Gasteiger partial charge on any atom is 0.240 e. The average molecular weight is 298 g/mol. The molecular weight excluding hydrogens is 278 g/mol. The lowest BCUT2D eigenvalue weighted by Crippen LogP contribution is -2.48. The van der Waals surface area contributed by atoms with Crippen molar-refractivity contribution < 1.29 is 9.59 Å². The molecule has 0 atom stereocenters. The van der Waals surface area contributed by atoms with E-state index >= 15 is 0 Å². The highest BCUT2D eigenvalue weighted by Crippen LogP contribution is 2.28. The Morgan fingerprint density at radius 1 is 1.00 bits per heavy atom. The first-order chi connectivity index (χ1) is 8.94. The van der Waals surface area contributed by atoms with Gasteiger partial charge in [-0.15, -0.1) is 0 Å². The molecule has 1 aromatic rings. The summed E-state index contributed by atoms with van der Waals surface area (Å²) in [4.78, 5) is 34.0. The number of hydrogen-bond donors (Lipinski definition) is 0. The zero-order chi connectivity index (χ0) is 15.7. The lowest BCUT2D eigenvalue weighted by molar-refractivity contribution is -0.134. The van der Waals surface area contributed by atoms with Crippen LogP contribution in [0.25, 0.3) is 0 Å². The Morgan fingerprint density at radius 3 is 1.80 bits per heavy atom. The molecule has 20 heavy (non-hydrogen) atoms. The van der Waals surface area contributed by atoms with Gasteiger partial charge in [-0.25, -0.2) is 14.9 Å². The van der Waals surface area contributed by atoms with Crippen LogP contribution in [0.2, 0.25) is 5.15 Å². The third-order valence-corrected chi connectivity index (χ3v) is 2.74. The first-order valence-corrected chi connectivity index (χ1v) is 6.69. The van der Waals surface area contributed by atoms with E-state index in [1.165, 1.54) is 12.4 Å². The van der Waals surface area contributed by atoms with Gasteiger partial charge in [0.1, 0.15) is 17.3 Å². The van der Waals surface area contributed by atoms with E-state index in [9.17, 15) is 9.59 Å². The van der Waals surface area contributed by atoms with E-state index in [2.05, 4.69) is 9.97 Å². The van der Waals surface area contributed by atoms with Crippen LogP contribution in [-0.2, 0) is 9.59 Å². The Hall–Kier alpha value is -1.49. The van der Waals surface area contributed by atoms with Gasteiger partial charge in [-0.2, -0.15) is 0 Å². The number of anilines is 1. The fourth-order valence-electron chi connectivity index (χ4n) is 1.42. The van der Waals surface area contributed by atoms with Crippen molar-refractivity contribution in [3.8, 4) is 0 Å². The molecule has 0 aromatic carbocycles. The monoisotopic (exact) mass is 297 g/mol. The molecule has 1 heterocycles. The lowest BCUT2D eigenvalue weighted by atomic mass is 9.90. The van der Waals surface area contributed by atoms with E-state index in [1.807, 2.05) is 0 Å². The second-order valence-electron chi connectivity index (χ2n) is 6.64. The Balaban J connectivity index is 3.36. The Morgan fingerprint density at radius 2 is 1.45 bits per heavy atom. The van der Waals surface area contributed by atoms with Crippen molar-refractivity contribution in [2.75, 3.05) is 4.90 Å². The van der Waals surface area contributed by atoms with Crippen molar-refractivity contribution in [2.24, 2.45) is 10.8 Å². The predicted octanol–water partition coefficient (Wildman–Crippen LogP) is 3.08. The predicted molar refractivity (Wildman–Crippen MR) is 78.4 cm³/mol. The van der Waals surface area contributed by atoms with Crippen LogP contribution in [0.5, 0.6) is 0 Å². The molecule has 0 aliphatic carbocycles. The Labute approximate surface area is 124 Å². The number of carbonyl (C=O) groups is 2. The highest BCUT2D eigenvalue weighted by molar-refractivity contribution is 6.30. The Kier molecular flexibility index (Phi) is 4.54. The molecule has 0 bridgehead atoms. The number of halogens is 1. The van der Waals surface area contributed by atoms with Crippen LogP contribution in [0, 0.1) is 10.8 Å². The molecule has 0 saturated carbocycles. The van der Waals surface area contributed by atoms with Crippen molar-refractivity contribution in [1.29, 1.82) is 0 Å². The van der Waals surface area contributed by atoms with E-state index < -0.39 is 10.8 Å². The maximum absolute atomic E-state index is 12.6. The quantitative estimate of drug-likeness (QED) is 0.747. The molecule has 0 saturated heterocycles. The fraction of sp³-hybridized carbons (Fsp3) is 0.571. The van der Waals surface area contributed by atoms with Crippen molar-refractivity contribution in [3.63, 3.8) is 0 Å². The molecule has 0 fully saturated rings. The number of imide groups is 1. The van der Waals surface area contributed by atoms with Gasteiger partial charge in [0.25, 0.3) is 0 Å². The third kappa shape index (κ3) is 3.76. The van der Waals surface area contributed by atoms with E-state index in [0.29, 0.717) is 0 Å². The fourth-order valence-corrected chi connectivity index (χ4v) is 1.56. The number of amides is 2. The molecule has 0 radical (unpaired) electrons. The first kappa shape index (κ1) is 16.6. The summed E-state index contributed by atoms with van der Waals surface area (Å²) in [7, 11) is 0. The van der Waals surface area contributed by atoms with Gasteiger partial charge in [-0.1, -0.05) is 53.1 Å². The van der Waals surface area contributed by atoms with Gasteiger partial charge in [-0.05, 0) is 0 Å². The van der Waals surface area contributed by atoms with Gasteiger partial charge in [0.05, 0.1) is 0 Å². The van der Waals surface area contributed by atoms with Gasteiger partial charge >= 0.3 is 0 Å². The molecule has 0 aliphatic heterocycles. The van der Waals surface area contributed by atoms with E-state index in [4.69, 9.17) is 11.6 Å². The topological polar surface area (TPSA) is 63.2 Å². The number of hydrogen-bond acceptors (Lipinski definition) is 4. The van der Waals surface area contributed by atoms with Crippen LogP contribution >= 0.6 is 11.6 Å². The molecule has 0 spiro atoms. The summed E-state index contributed by atoms with van der Waals surface area (Å²) < 4.78 is 0. The molecule has 1 aromatic heterocycles. The van der Waals surface area contributed by atoms with Crippen LogP contribution in [-0.4, -0.2) is 21.8 Å². The van der Waals surface area contributed by atoms with Crippen molar-refractivity contribution in [2.45, 2.75) is 41.5 Å². The zero-order valence-electron chi connectivity index (χ0n) is 12.7. The Bertz CT molecular complexity index is 504. The SMILES string of the molecule is CC(C)(C)C(=O)N(C(=O)C(C)(C)C)c1cc(Cl)ncn1. The van der Waals surface area contributed by atoms with E-state index in [0.717, 1.165) is 4.90 Å². The van der Waals surface area contributed by atoms with Crippen molar-refractivity contribution in [1.82, 2.24) is 9.97 Å². The van der Waals surface area contributed by atoms with Crippen LogP contribution in [0.4, 0.5) is 5.82 Å². The first-order valence-electron chi connectivity index (χ1n) is 6.31. The zero-order valence-corrected chi connectivity index (χ0v) is 13.4. The van der Waals surface area contributed by atoms with Crippen LogP contribution in [0.3, 0.4) is 0 Å². The van der Waals surface area contributed by atoms with Gasteiger partial charge in [0.2, 0.25) is 11.8 Å². The van der Waals surface area contributed by atoms with Gasteiger partial charge < -0.3 is 0 Å². The largest absolute Gasteiger partial charge is 0.273 e. The number of carbonyl (C=O) groups excluding carboxylic acids is 2. The molecule has 110 valence electrons. The normalized spacial score (nSPS) is 12.2. The summed E-state index contributed by atoms with van der Waals surface area (Å²) in [6, 6.07) is 1.41. The number of rotatable bonds is 1. The molecule has 0 unspecified atom stereocenters. The summed E-state index contributed by atoms with van der Waals surface area (Å²) in [5.41, 5.74) is -1.42. The smallest absolute Gasteiger partial charge is 0.240 e. The van der Waals surface area contributed by atoms with Gasteiger partial charge in [-0.3, -0.25) is 9.59 Å². The third-order valence-electron chi connectivity index (χ3n) is 2.54. The molecule has 0 aliphatic rings. The second kappa shape index (κ2) is 5.48. The van der Waals surface area contributed by atoms with E-state index in [-0.39, 0.29) is 22.8 Å². The highest BCUT2D eigenvalue weighted by atomic mass is 35.5. The summed E-state index contributed by atoms with van der Waals surface area (Å²) in [6.07, 6.45) is 1.23. The summed E-state index contributed by atoms with van der Waals surface area (Å²) in [5.74, 6) is -0.454. The van der Waals surface area contributed by atoms with Gasteiger partial charge in [0, 0.05) is 16.9 Å². The van der Waals surface area contributed by atoms with Crippen molar-refractivity contribution >= 4 is 29.2 Å². The number of nitrogens with zero attached hydrogens (tertiary/aromatic N) is 3. The van der Waals surface area contributed by atoms with Crippen LogP contribution in [0.15, 0.2) is 12.4 Å². The van der Waals surface area contributed by atoms with Crippen LogP contribution in [0.1, 0.15) is 41.5 Å². The summed E-state index contributed by atoms with van der Waals surface area (Å²) in [6.45, 7) is 10.5. The van der Waals surface area contributed by atoms with Gasteiger partial charge in [0.15, 0.2) is 0 Å². The highest BCUT2D eigenvalue weighted by Gasteiger charge is 2.38. The molecule has 1 rings (SSSR count). The summed E-state index contributed by atoms with van der Waals surface area (Å²) in [5, 5.41) is 0.184. The van der Waals surface area contributed by atoms with E-state index in [1.54, 1.807) is 41.5 Å². The second-order valence-corrected chi connectivity index (χ2v) is 7.03. The molecular formula is C14H20ClN3O2. The lowest BCUT2D eigenvalue weighted by Gasteiger charge is -2.31. The summed E-state index contributed by atoms with van der Waals surface area (Å²) >= 11 is 5.83. The van der Waals surface area contributed by atoms with Crippen molar-refractivity contribution in [3.05, 3.63) is 17.5 Å². The molecule has 5 nitrogen and oxygen atoms in total. The average Bonchev–Trinajstić information content (AvgIpc) is 2.26. The van der Waals surface area contributed by atoms with Crippen LogP contribution < -0.4 is 4.90 Å². The minimum absolute atomic E-state index is 0.184. The number of aromatic nitrogens is 2. The molecule has 2 amide bonds. The minimum atomic E-state index is -0.710.